The Morgan fingerprint density at radius 2 is 1.72 bits per heavy atom. The van der Waals surface area contributed by atoms with Gasteiger partial charge in [0.1, 0.15) is 0 Å². The van der Waals surface area contributed by atoms with Crippen molar-refractivity contribution in [1.82, 2.24) is 14.9 Å². The third kappa shape index (κ3) is 3.51. The molecular formula is C20H23N5O4. The summed E-state index contributed by atoms with van der Waals surface area (Å²) < 4.78 is 16.0. The Morgan fingerprint density at radius 3 is 2.28 bits per heavy atom. The monoisotopic (exact) mass is 397 g/mol. The maximum Gasteiger partial charge on any atom is 0.289 e. The molecule has 0 atom stereocenters. The van der Waals surface area contributed by atoms with Gasteiger partial charge in [-0.1, -0.05) is 0 Å². The van der Waals surface area contributed by atoms with Crippen LogP contribution in [0, 0.1) is 0 Å². The molecule has 9 heteroatoms. The number of nitrogens with one attached hydrogen (secondary N) is 1. The number of anilines is 2. The van der Waals surface area contributed by atoms with Gasteiger partial charge in [0.15, 0.2) is 28.9 Å². The first-order valence-electron chi connectivity index (χ1n) is 9.34. The summed E-state index contributed by atoms with van der Waals surface area (Å²) in [4.78, 5) is 25.9. The quantitative estimate of drug-likeness (QED) is 0.701. The molecule has 3 aromatic rings. The Bertz CT molecular complexity index is 1010. The molecule has 4 rings (SSSR count). The van der Waals surface area contributed by atoms with E-state index in [0.29, 0.717) is 60.3 Å². The minimum Gasteiger partial charge on any atom is -0.493 e. The van der Waals surface area contributed by atoms with Gasteiger partial charge in [-0.15, -0.1) is 0 Å². The van der Waals surface area contributed by atoms with E-state index in [0.717, 1.165) is 5.82 Å². The van der Waals surface area contributed by atoms with Crippen LogP contribution in [0.2, 0.25) is 0 Å². The van der Waals surface area contributed by atoms with Crippen molar-refractivity contribution >= 4 is 28.6 Å². The average Bonchev–Trinajstić information content (AvgIpc) is 3.31. The van der Waals surface area contributed by atoms with Crippen LogP contribution in [0.4, 0.5) is 11.6 Å². The highest BCUT2D eigenvalue weighted by molar-refractivity contribution is 5.91. The molecule has 0 saturated carbocycles. The first-order valence-corrected chi connectivity index (χ1v) is 9.34. The Hall–Kier alpha value is -3.49. The predicted molar refractivity (Wildman–Crippen MR) is 109 cm³/mol. The highest BCUT2D eigenvalue weighted by atomic mass is 16.5. The molecule has 0 bridgehead atoms. The van der Waals surface area contributed by atoms with Crippen LogP contribution in [0.1, 0.15) is 10.6 Å². The van der Waals surface area contributed by atoms with Gasteiger partial charge < -0.3 is 29.0 Å². The van der Waals surface area contributed by atoms with E-state index in [1.807, 2.05) is 19.2 Å². The lowest BCUT2D eigenvalue weighted by Gasteiger charge is -2.35. The zero-order chi connectivity index (χ0) is 20.4. The van der Waals surface area contributed by atoms with Crippen LogP contribution in [0.5, 0.6) is 11.5 Å². The zero-order valence-corrected chi connectivity index (χ0v) is 16.6. The van der Waals surface area contributed by atoms with Crippen molar-refractivity contribution in [2.24, 2.45) is 0 Å². The molecule has 1 aliphatic heterocycles. The maximum absolute atomic E-state index is 12.5. The number of nitrogens with zero attached hydrogens (tertiary/aromatic N) is 4. The van der Waals surface area contributed by atoms with E-state index in [1.54, 1.807) is 31.3 Å². The fourth-order valence-electron chi connectivity index (χ4n) is 3.44. The minimum absolute atomic E-state index is 0.0927. The van der Waals surface area contributed by atoms with Gasteiger partial charge in [-0.2, -0.15) is 0 Å². The normalized spacial score (nSPS) is 14.2. The van der Waals surface area contributed by atoms with Crippen molar-refractivity contribution in [3.05, 3.63) is 36.3 Å². The van der Waals surface area contributed by atoms with Crippen molar-refractivity contribution < 1.29 is 18.7 Å². The van der Waals surface area contributed by atoms with Gasteiger partial charge in [0.25, 0.3) is 5.91 Å². The van der Waals surface area contributed by atoms with E-state index in [-0.39, 0.29) is 5.91 Å². The standard InChI is InChI=1S/C20H23N5O4/c1-21-18-19(23-14-12-17(28-3)16(27-2)11-13(14)22-18)24-6-8-25(9-7-24)20(26)15-5-4-10-29-15/h4-5,10-12H,6-9H2,1-3H3,(H,21,22). The number of methoxy groups -OCH3 is 2. The van der Waals surface area contributed by atoms with E-state index in [1.165, 1.54) is 6.26 Å². The van der Waals surface area contributed by atoms with Crippen molar-refractivity contribution in [2.75, 3.05) is 57.7 Å². The van der Waals surface area contributed by atoms with Crippen LogP contribution in [0.15, 0.2) is 34.9 Å². The Morgan fingerprint density at radius 1 is 1.07 bits per heavy atom. The third-order valence-corrected chi connectivity index (χ3v) is 4.99. The molecule has 9 nitrogen and oxygen atoms in total. The summed E-state index contributed by atoms with van der Waals surface area (Å²) in [6.07, 6.45) is 1.51. The topological polar surface area (TPSA) is 93.0 Å². The molecule has 2 aromatic heterocycles. The molecule has 1 aliphatic rings. The number of fused-ring (bicyclic) bond motifs is 1. The Balaban J connectivity index is 1.59. The molecule has 0 spiro atoms. The summed E-state index contributed by atoms with van der Waals surface area (Å²) in [5.41, 5.74) is 1.42. The largest absolute Gasteiger partial charge is 0.493 e. The smallest absolute Gasteiger partial charge is 0.289 e. The van der Waals surface area contributed by atoms with E-state index >= 15 is 0 Å². The highest BCUT2D eigenvalue weighted by Gasteiger charge is 2.26. The second kappa shape index (κ2) is 7.86. The number of ether oxygens (including phenoxy) is 2. The van der Waals surface area contributed by atoms with E-state index in [4.69, 9.17) is 23.9 Å². The van der Waals surface area contributed by atoms with E-state index in [2.05, 4.69) is 10.2 Å². The molecule has 29 heavy (non-hydrogen) atoms. The van der Waals surface area contributed by atoms with E-state index < -0.39 is 0 Å². The van der Waals surface area contributed by atoms with Crippen LogP contribution in [-0.4, -0.2) is 68.2 Å². The molecule has 152 valence electrons. The second-order valence-electron chi connectivity index (χ2n) is 6.60. The molecule has 1 N–H and O–H groups in total. The van der Waals surface area contributed by atoms with Crippen LogP contribution >= 0.6 is 0 Å². The van der Waals surface area contributed by atoms with Gasteiger partial charge in [-0.25, -0.2) is 9.97 Å². The summed E-state index contributed by atoms with van der Waals surface area (Å²) in [6, 6.07) is 7.04. The number of hydrogen-bond acceptors (Lipinski definition) is 8. The summed E-state index contributed by atoms with van der Waals surface area (Å²) in [5.74, 6) is 2.90. The lowest BCUT2D eigenvalue weighted by Crippen LogP contribution is -2.49. The van der Waals surface area contributed by atoms with Crippen LogP contribution in [-0.2, 0) is 0 Å². The number of hydrogen-bond donors (Lipinski definition) is 1. The molecule has 0 unspecified atom stereocenters. The predicted octanol–water partition coefficient (Wildman–Crippen LogP) is 2.24. The molecule has 1 fully saturated rings. The molecular weight excluding hydrogens is 374 g/mol. The van der Waals surface area contributed by atoms with Crippen molar-refractivity contribution in [1.29, 1.82) is 0 Å². The number of rotatable bonds is 5. The van der Waals surface area contributed by atoms with Crippen molar-refractivity contribution in [3.8, 4) is 11.5 Å². The minimum atomic E-state index is -0.0927. The Kier molecular flexibility index (Phi) is 5.11. The van der Waals surface area contributed by atoms with E-state index in [9.17, 15) is 4.79 Å². The van der Waals surface area contributed by atoms with Gasteiger partial charge in [0.05, 0.1) is 31.5 Å². The molecule has 0 radical (unpaired) electrons. The first kappa shape index (κ1) is 18.9. The SMILES string of the molecule is CNc1nc2cc(OC)c(OC)cc2nc1N1CCN(C(=O)c2ccco2)CC1. The molecule has 3 heterocycles. The van der Waals surface area contributed by atoms with Gasteiger partial charge >= 0.3 is 0 Å². The fourth-order valence-corrected chi connectivity index (χ4v) is 3.44. The lowest BCUT2D eigenvalue weighted by molar-refractivity contribution is 0.0714. The number of carbonyl (C=O) groups excluding carboxylic acids is 1. The number of benzene rings is 1. The van der Waals surface area contributed by atoms with Crippen molar-refractivity contribution in [3.63, 3.8) is 0 Å². The number of amides is 1. The van der Waals surface area contributed by atoms with Crippen LogP contribution in [0.3, 0.4) is 0 Å². The lowest BCUT2D eigenvalue weighted by atomic mass is 10.2. The van der Waals surface area contributed by atoms with Crippen LogP contribution in [0.25, 0.3) is 11.0 Å². The molecule has 1 aromatic carbocycles. The highest BCUT2D eigenvalue weighted by Crippen LogP contribution is 2.33. The van der Waals surface area contributed by atoms with Crippen molar-refractivity contribution in [2.45, 2.75) is 0 Å². The second-order valence-corrected chi connectivity index (χ2v) is 6.60. The molecule has 0 aliphatic carbocycles. The summed E-state index contributed by atoms with van der Waals surface area (Å²) in [7, 11) is 5.00. The number of aromatic nitrogens is 2. The van der Waals surface area contributed by atoms with Gasteiger partial charge in [0, 0.05) is 45.4 Å². The summed E-state index contributed by atoms with van der Waals surface area (Å²) in [5, 5.41) is 3.12. The maximum atomic E-state index is 12.5. The number of furan rings is 1. The fraction of sp³-hybridized carbons (Fsp3) is 0.350. The Labute approximate surface area is 168 Å². The summed E-state index contributed by atoms with van der Waals surface area (Å²) in [6.45, 7) is 2.45. The number of piperazine rings is 1. The first-order chi connectivity index (χ1) is 14.1. The molecule has 1 amide bonds. The van der Waals surface area contributed by atoms with Gasteiger partial charge in [-0.05, 0) is 12.1 Å². The average molecular weight is 397 g/mol. The summed E-state index contributed by atoms with van der Waals surface area (Å²) >= 11 is 0. The zero-order valence-electron chi connectivity index (χ0n) is 16.6. The third-order valence-electron chi connectivity index (χ3n) is 4.99. The number of carbonyl (C=O) groups is 1. The van der Waals surface area contributed by atoms with Crippen LogP contribution < -0.4 is 19.7 Å². The van der Waals surface area contributed by atoms with Gasteiger partial charge in [-0.3, -0.25) is 4.79 Å². The van der Waals surface area contributed by atoms with Gasteiger partial charge in [0.2, 0.25) is 0 Å². The molecule has 1 saturated heterocycles.